The number of benzene rings is 1. The molecular weight excluding hydrogens is 265 g/mol. The number of hydrogen-bond acceptors (Lipinski definition) is 3. The van der Waals surface area contributed by atoms with E-state index in [0.717, 1.165) is 30.9 Å². The molecule has 2 N–H and O–H groups in total. The van der Waals surface area contributed by atoms with Crippen LogP contribution in [0, 0.1) is 11.7 Å². The van der Waals surface area contributed by atoms with Gasteiger partial charge in [0, 0.05) is 13.1 Å². The third-order valence-electron chi connectivity index (χ3n) is 4.89. The lowest BCUT2D eigenvalue weighted by molar-refractivity contribution is 0.215. The normalized spacial score (nSPS) is 29.2. The lowest BCUT2D eigenvalue weighted by atomic mass is 9.72. The van der Waals surface area contributed by atoms with Gasteiger partial charge in [-0.2, -0.15) is 0 Å². The Morgan fingerprint density at radius 1 is 1.43 bits per heavy atom. The van der Waals surface area contributed by atoms with Crippen molar-refractivity contribution in [1.82, 2.24) is 10.6 Å². The molecule has 3 rings (SSSR count). The van der Waals surface area contributed by atoms with Crippen molar-refractivity contribution in [3.63, 3.8) is 0 Å². The van der Waals surface area contributed by atoms with Gasteiger partial charge in [0.25, 0.3) is 0 Å². The minimum Gasteiger partial charge on any atom is -0.368 e. The molecule has 1 saturated carbocycles. The molecule has 114 valence electrons. The Morgan fingerprint density at radius 3 is 3.14 bits per heavy atom. The van der Waals surface area contributed by atoms with Crippen LogP contribution >= 0.6 is 0 Å². The van der Waals surface area contributed by atoms with Gasteiger partial charge in [0.2, 0.25) is 0 Å². The molecule has 0 saturated heterocycles. The second-order valence-electron chi connectivity index (χ2n) is 6.26. The molecule has 1 aromatic rings. The standard InChI is InChI=1S/C17H24FN3/c1-13-5-2-3-8-17(13)16(19-9-10-21-17)20-12-14-6-4-7-15(18)11-14/h4,6-7,11,13,21H,2-3,5,8-10,12H2,1H3,(H,19,20)/t13-,17+/m1/s1. The van der Waals surface area contributed by atoms with Crippen LogP contribution in [0.5, 0.6) is 0 Å². The van der Waals surface area contributed by atoms with Gasteiger partial charge >= 0.3 is 0 Å². The average molecular weight is 289 g/mol. The lowest BCUT2D eigenvalue weighted by Crippen LogP contribution is -2.64. The van der Waals surface area contributed by atoms with Gasteiger partial charge in [0.1, 0.15) is 11.7 Å². The molecule has 2 aliphatic rings. The molecule has 2 atom stereocenters. The summed E-state index contributed by atoms with van der Waals surface area (Å²) in [5.74, 6) is 1.48. The molecule has 4 heteroatoms. The fourth-order valence-electron chi connectivity index (χ4n) is 3.68. The zero-order valence-electron chi connectivity index (χ0n) is 12.7. The number of nitrogens with zero attached hydrogens (tertiary/aromatic N) is 1. The van der Waals surface area contributed by atoms with Crippen molar-refractivity contribution in [2.45, 2.75) is 44.7 Å². The van der Waals surface area contributed by atoms with Crippen molar-refractivity contribution in [3.05, 3.63) is 35.6 Å². The SMILES string of the molecule is C[C@@H]1CCCC[C@]12NCCN=C2NCc1cccc(F)c1. The van der Waals surface area contributed by atoms with Crippen molar-refractivity contribution in [1.29, 1.82) is 0 Å². The summed E-state index contributed by atoms with van der Waals surface area (Å²) in [4.78, 5) is 4.74. The summed E-state index contributed by atoms with van der Waals surface area (Å²) in [6.45, 7) is 4.72. The molecule has 0 amide bonds. The van der Waals surface area contributed by atoms with E-state index in [4.69, 9.17) is 4.99 Å². The summed E-state index contributed by atoms with van der Waals surface area (Å²) in [6.07, 6.45) is 4.94. The first-order valence-corrected chi connectivity index (χ1v) is 7.99. The quantitative estimate of drug-likeness (QED) is 0.878. The fraction of sp³-hybridized carbons (Fsp3) is 0.588. The number of nitrogens with one attached hydrogen (secondary N) is 2. The molecule has 1 spiro atoms. The van der Waals surface area contributed by atoms with E-state index >= 15 is 0 Å². The maximum Gasteiger partial charge on any atom is 0.123 e. The molecule has 3 nitrogen and oxygen atoms in total. The Labute approximate surface area is 126 Å². The Kier molecular flexibility index (Phi) is 4.24. The molecule has 1 aliphatic heterocycles. The number of rotatable bonds is 2. The maximum atomic E-state index is 13.3. The number of aliphatic imine (C=N–C) groups is 1. The molecule has 1 aromatic carbocycles. The molecule has 1 fully saturated rings. The minimum atomic E-state index is -0.182. The first kappa shape index (κ1) is 14.5. The van der Waals surface area contributed by atoms with Crippen LogP contribution in [0.1, 0.15) is 38.2 Å². The Hall–Kier alpha value is -1.42. The molecule has 0 aromatic heterocycles. The number of halogens is 1. The van der Waals surface area contributed by atoms with Crippen molar-refractivity contribution >= 4 is 5.84 Å². The average Bonchev–Trinajstić information content (AvgIpc) is 2.50. The topological polar surface area (TPSA) is 36.4 Å². The van der Waals surface area contributed by atoms with Gasteiger partial charge in [-0.1, -0.05) is 31.9 Å². The van der Waals surface area contributed by atoms with Crippen LogP contribution in [-0.2, 0) is 6.54 Å². The van der Waals surface area contributed by atoms with Crippen LogP contribution in [0.3, 0.4) is 0 Å². The van der Waals surface area contributed by atoms with Crippen molar-refractivity contribution in [2.75, 3.05) is 13.1 Å². The highest BCUT2D eigenvalue weighted by Crippen LogP contribution is 2.35. The molecular formula is C17H24FN3. The minimum absolute atomic E-state index is 0.00379. The van der Waals surface area contributed by atoms with Crippen molar-refractivity contribution in [2.24, 2.45) is 10.9 Å². The monoisotopic (exact) mass is 289 g/mol. The van der Waals surface area contributed by atoms with Gasteiger partial charge in [-0.3, -0.25) is 4.99 Å². The molecule has 1 heterocycles. The Balaban J connectivity index is 1.74. The first-order valence-electron chi connectivity index (χ1n) is 7.99. The summed E-state index contributed by atoms with van der Waals surface area (Å²) in [7, 11) is 0. The summed E-state index contributed by atoms with van der Waals surface area (Å²) in [6, 6.07) is 6.77. The van der Waals surface area contributed by atoms with Gasteiger partial charge in [-0.15, -0.1) is 0 Å². The zero-order chi connectivity index (χ0) is 14.7. The summed E-state index contributed by atoms with van der Waals surface area (Å²) >= 11 is 0. The third kappa shape index (κ3) is 2.95. The van der Waals surface area contributed by atoms with Crippen LogP contribution in [0.15, 0.2) is 29.3 Å². The van der Waals surface area contributed by atoms with E-state index in [2.05, 4.69) is 17.6 Å². The van der Waals surface area contributed by atoms with E-state index in [1.807, 2.05) is 6.07 Å². The largest absolute Gasteiger partial charge is 0.368 e. The predicted molar refractivity (Wildman–Crippen MR) is 83.9 cm³/mol. The fourth-order valence-corrected chi connectivity index (χ4v) is 3.68. The molecule has 0 unspecified atom stereocenters. The van der Waals surface area contributed by atoms with Crippen LogP contribution < -0.4 is 10.6 Å². The highest BCUT2D eigenvalue weighted by molar-refractivity contribution is 5.92. The van der Waals surface area contributed by atoms with E-state index in [-0.39, 0.29) is 11.4 Å². The molecule has 0 bridgehead atoms. The van der Waals surface area contributed by atoms with Crippen LogP contribution in [0.2, 0.25) is 0 Å². The van der Waals surface area contributed by atoms with Crippen LogP contribution in [-0.4, -0.2) is 24.5 Å². The first-order chi connectivity index (χ1) is 10.2. The van der Waals surface area contributed by atoms with Gasteiger partial charge in [0.15, 0.2) is 0 Å². The van der Waals surface area contributed by atoms with Gasteiger partial charge in [-0.05, 0) is 36.5 Å². The smallest absolute Gasteiger partial charge is 0.123 e. The maximum absolute atomic E-state index is 13.3. The highest BCUT2D eigenvalue weighted by Gasteiger charge is 2.43. The second kappa shape index (κ2) is 6.14. The van der Waals surface area contributed by atoms with E-state index in [9.17, 15) is 4.39 Å². The summed E-state index contributed by atoms with van der Waals surface area (Å²) < 4.78 is 13.3. The van der Waals surface area contributed by atoms with E-state index < -0.39 is 0 Å². The molecule has 0 radical (unpaired) electrons. The molecule has 1 aliphatic carbocycles. The lowest BCUT2D eigenvalue weighted by Gasteiger charge is -2.46. The van der Waals surface area contributed by atoms with Crippen molar-refractivity contribution in [3.8, 4) is 0 Å². The summed E-state index contributed by atoms with van der Waals surface area (Å²) in [5, 5.41) is 7.19. The van der Waals surface area contributed by atoms with Gasteiger partial charge in [0.05, 0.1) is 12.1 Å². The Morgan fingerprint density at radius 2 is 2.33 bits per heavy atom. The second-order valence-corrected chi connectivity index (χ2v) is 6.26. The third-order valence-corrected chi connectivity index (χ3v) is 4.89. The van der Waals surface area contributed by atoms with Crippen LogP contribution in [0.25, 0.3) is 0 Å². The number of hydrogen-bond donors (Lipinski definition) is 2. The van der Waals surface area contributed by atoms with E-state index in [1.54, 1.807) is 12.1 Å². The summed E-state index contributed by atoms with van der Waals surface area (Å²) in [5.41, 5.74) is 0.964. The van der Waals surface area contributed by atoms with Gasteiger partial charge < -0.3 is 10.6 Å². The Bertz CT molecular complexity index is 529. The zero-order valence-corrected chi connectivity index (χ0v) is 12.7. The van der Waals surface area contributed by atoms with E-state index in [1.165, 1.54) is 25.3 Å². The predicted octanol–water partition coefficient (Wildman–Crippen LogP) is 2.87. The number of amidine groups is 1. The van der Waals surface area contributed by atoms with E-state index in [0.29, 0.717) is 12.5 Å². The molecule has 21 heavy (non-hydrogen) atoms. The highest BCUT2D eigenvalue weighted by atomic mass is 19.1. The van der Waals surface area contributed by atoms with Gasteiger partial charge in [-0.25, -0.2) is 4.39 Å². The van der Waals surface area contributed by atoms with Crippen LogP contribution in [0.4, 0.5) is 4.39 Å². The van der Waals surface area contributed by atoms with Crippen molar-refractivity contribution < 1.29 is 4.39 Å².